The lowest BCUT2D eigenvalue weighted by molar-refractivity contribution is -0.533. The highest BCUT2D eigenvalue weighted by atomic mass is 19.3. The number of hydrogen-bond donors (Lipinski definition) is 1. The van der Waals surface area contributed by atoms with Crippen LogP contribution in [-0.2, 0) is 9.47 Å². The molecule has 19 heavy (non-hydrogen) atoms. The van der Waals surface area contributed by atoms with E-state index in [-0.39, 0.29) is 0 Å². The van der Waals surface area contributed by atoms with E-state index >= 15 is 0 Å². The fourth-order valence-corrected chi connectivity index (χ4v) is 0.589. The molecule has 0 atom stereocenters. The van der Waals surface area contributed by atoms with Gasteiger partial charge in [-0.05, 0) is 0 Å². The van der Waals surface area contributed by atoms with Crippen molar-refractivity contribution in [3.63, 3.8) is 0 Å². The van der Waals surface area contributed by atoms with E-state index in [0.717, 1.165) is 0 Å². The first-order chi connectivity index (χ1) is 8.24. The Morgan fingerprint density at radius 1 is 0.632 bits per heavy atom. The largest absolute Gasteiger partial charge is 0.420 e. The van der Waals surface area contributed by atoms with Crippen molar-refractivity contribution in [2.24, 2.45) is 0 Å². The third-order valence-electron chi connectivity index (χ3n) is 1.35. The zero-order valence-corrected chi connectivity index (χ0v) is 8.28. The molecule has 0 aromatic heterocycles. The third kappa shape index (κ3) is 4.65. The molecule has 0 amide bonds. The van der Waals surface area contributed by atoms with E-state index in [4.69, 9.17) is 5.11 Å². The van der Waals surface area contributed by atoms with Crippen molar-refractivity contribution in [1.82, 2.24) is 0 Å². The van der Waals surface area contributed by atoms with Gasteiger partial charge in [-0.3, -0.25) is 9.47 Å². The van der Waals surface area contributed by atoms with Crippen LogP contribution in [0.5, 0.6) is 0 Å². The Labute approximate surface area is 97.2 Å². The third-order valence-corrected chi connectivity index (χ3v) is 1.35. The van der Waals surface area contributed by atoms with Gasteiger partial charge in [0.1, 0.15) is 0 Å². The smallest absolute Gasteiger partial charge is 0.338 e. The van der Waals surface area contributed by atoms with Crippen molar-refractivity contribution >= 4 is 0 Å². The molecule has 13 heteroatoms. The number of aliphatic hydroxyl groups is 1. The molecule has 0 radical (unpaired) electrons. The average molecular weight is 314 g/mol. The van der Waals surface area contributed by atoms with Crippen molar-refractivity contribution in [3.05, 3.63) is 0 Å². The molecule has 0 bridgehead atoms. The molecule has 0 aliphatic heterocycles. The molecule has 0 aliphatic rings. The molecular weight excluding hydrogens is 310 g/mol. The lowest BCUT2D eigenvalue weighted by Gasteiger charge is -2.32. The molecule has 0 rings (SSSR count). The van der Waals surface area contributed by atoms with Gasteiger partial charge in [-0.25, -0.2) is 26.3 Å². The maximum absolute atomic E-state index is 12.2. The summed E-state index contributed by atoms with van der Waals surface area (Å²) in [4.78, 5) is 0. The van der Waals surface area contributed by atoms with Gasteiger partial charge in [0.25, 0.3) is 0 Å². The normalized spacial score (nSPS) is 14.8. The maximum atomic E-state index is 12.2. The van der Waals surface area contributed by atoms with Gasteiger partial charge >= 0.3 is 37.5 Å². The fraction of sp³-hybridized carbons (Fsp3) is 1.00. The Morgan fingerprint density at radius 2 is 0.895 bits per heavy atom. The van der Waals surface area contributed by atoms with Crippen LogP contribution in [0.15, 0.2) is 0 Å². The Balaban J connectivity index is 5.19. The molecule has 0 saturated heterocycles. The first kappa shape index (κ1) is 18.2. The number of rotatable bonds is 7. The summed E-state index contributed by atoms with van der Waals surface area (Å²) in [6.07, 6.45) is -26.1. The monoisotopic (exact) mass is 314 g/mol. The quantitative estimate of drug-likeness (QED) is 0.580. The number of halogens is 10. The first-order valence-corrected chi connectivity index (χ1v) is 3.97. The minimum absolute atomic E-state index is 2.32. The van der Waals surface area contributed by atoms with Gasteiger partial charge < -0.3 is 5.11 Å². The van der Waals surface area contributed by atoms with E-state index < -0.39 is 37.5 Å². The fourth-order valence-electron chi connectivity index (χ4n) is 0.589. The van der Waals surface area contributed by atoms with Crippen molar-refractivity contribution in [2.75, 3.05) is 0 Å². The van der Waals surface area contributed by atoms with Gasteiger partial charge in [-0.1, -0.05) is 0 Å². The second-order valence-electron chi connectivity index (χ2n) is 2.86. The number of hydrogen-bond acceptors (Lipinski definition) is 3. The first-order valence-electron chi connectivity index (χ1n) is 3.97. The van der Waals surface area contributed by atoms with Crippen molar-refractivity contribution in [1.29, 1.82) is 0 Å². The summed E-state index contributed by atoms with van der Waals surface area (Å²) in [5.74, 6) is -5.36. The Bertz CT molecular complexity index is 271. The molecule has 1 N–H and O–H groups in total. The second-order valence-corrected chi connectivity index (χ2v) is 2.86. The molecule has 0 spiro atoms. The molecule has 0 aliphatic carbocycles. The summed E-state index contributed by atoms with van der Waals surface area (Å²) in [7, 11) is 0. The van der Waals surface area contributed by atoms with Crippen LogP contribution in [0, 0.1) is 0 Å². The van der Waals surface area contributed by atoms with Crippen molar-refractivity contribution in [2.45, 2.75) is 37.5 Å². The zero-order chi connectivity index (χ0) is 15.6. The van der Waals surface area contributed by atoms with Crippen LogP contribution < -0.4 is 0 Å². The van der Waals surface area contributed by atoms with E-state index in [9.17, 15) is 43.9 Å². The van der Waals surface area contributed by atoms with E-state index in [1.165, 1.54) is 0 Å². The van der Waals surface area contributed by atoms with Crippen LogP contribution in [0.2, 0.25) is 0 Å². The number of ether oxygens (including phenoxy) is 2. The molecule has 0 aromatic carbocycles. The van der Waals surface area contributed by atoms with Gasteiger partial charge in [0, 0.05) is 0 Å². The van der Waals surface area contributed by atoms with Gasteiger partial charge in [0.05, 0.1) is 0 Å². The number of alkyl halides is 10. The van der Waals surface area contributed by atoms with Crippen LogP contribution >= 0.6 is 0 Å². The molecule has 0 saturated carbocycles. The Morgan fingerprint density at radius 3 is 1.05 bits per heavy atom. The van der Waals surface area contributed by atoms with Crippen molar-refractivity contribution < 1.29 is 58.5 Å². The zero-order valence-electron chi connectivity index (χ0n) is 8.28. The Hall–Kier alpha value is -0.820. The summed E-state index contributed by atoms with van der Waals surface area (Å²) < 4.78 is 124. The van der Waals surface area contributed by atoms with Crippen molar-refractivity contribution in [3.8, 4) is 0 Å². The minimum atomic E-state index is -5.84. The van der Waals surface area contributed by atoms with Gasteiger partial charge in [-0.15, -0.1) is 0 Å². The van der Waals surface area contributed by atoms with Crippen LogP contribution in [0.4, 0.5) is 43.9 Å². The summed E-state index contributed by atoms with van der Waals surface area (Å²) >= 11 is 0. The predicted octanol–water partition coefficient (Wildman–Crippen LogP) is 2.65. The maximum Gasteiger partial charge on any atom is 0.420 e. The van der Waals surface area contributed by atoms with Gasteiger partial charge in [0.15, 0.2) is 0 Å². The molecular formula is C6H4F10O3. The van der Waals surface area contributed by atoms with E-state index in [1.54, 1.807) is 0 Å². The predicted molar refractivity (Wildman–Crippen MR) is 35.0 cm³/mol. The van der Waals surface area contributed by atoms with Crippen LogP contribution in [-0.4, -0.2) is 42.6 Å². The topological polar surface area (TPSA) is 38.7 Å². The van der Waals surface area contributed by atoms with Gasteiger partial charge in [-0.2, -0.15) is 17.6 Å². The molecule has 0 unspecified atom stereocenters. The minimum Gasteiger partial charge on any atom is -0.338 e. The molecule has 0 heterocycles. The molecule has 0 fully saturated rings. The molecule has 3 nitrogen and oxygen atoms in total. The van der Waals surface area contributed by atoms with Crippen LogP contribution in [0.3, 0.4) is 0 Å². The second kappa shape index (κ2) is 5.66. The summed E-state index contributed by atoms with van der Waals surface area (Å²) in [5.41, 5.74) is 0. The van der Waals surface area contributed by atoms with E-state index in [1.807, 2.05) is 0 Å². The Kier molecular flexibility index (Phi) is 5.42. The SMILES string of the molecule is OC(OC(F)(F)C(F)F)(OC(F)(F)C(F)F)C(F)F. The lowest BCUT2D eigenvalue weighted by atomic mass is 10.5. The van der Waals surface area contributed by atoms with E-state index in [0.29, 0.717) is 0 Å². The lowest BCUT2D eigenvalue weighted by Crippen LogP contribution is -2.54. The highest BCUT2D eigenvalue weighted by molar-refractivity contribution is 4.69. The molecule has 116 valence electrons. The van der Waals surface area contributed by atoms with Crippen LogP contribution in [0.25, 0.3) is 0 Å². The van der Waals surface area contributed by atoms with Gasteiger partial charge in [0.2, 0.25) is 0 Å². The summed E-state index contributed by atoms with van der Waals surface area (Å²) in [5, 5.41) is 8.44. The average Bonchev–Trinajstić information content (AvgIpc) is 2.14. The van der Waals surface area contributed by atoms with Crippen LogP contribution in [0.1, 0.15) is 0 Å². The summed E-state index contributed by atoms with van der Waals surface area (Å²) in [6.45, 7) is 0. The van der Waals surface area contributed by atoms with E-state index in [2.05, 4.69) is 9.47 Å². The highest BCUT2D eigenvalue weighted by Crippen LogP contribution is 2.37. The molecule has 0 aromatic rings. The standard InChI is InChI=1S/C6H4F10O3/c7-1(8)4(13,14)18-6(17,3(11)12)19-5(15,16)2(9)10/h1-3,17H. The summed E-state index contributed by atoms with van der Waals surface area (Å²) in [6, 6.07) is 0. The highest BCUT2D eigenvalue weighted by Gasteiger charge is 2.60.